The molecule has 1 aromatic heterocycles. The average molecular weight is 363 g/mol. The van der Waals surface area contributed by atoms with Gasteiger partial charge in [-0.05, 0) is 17.7 Å². The van der Waals surface area contributed by atoms with Crippen molar-refractivity contribution in [2.75, 3.05) is 0 Å². The fourth-order valence-corrected chi connectivity index (χ4v) is 3.12. The van der Waals surface area contributed by atoms with Crippen LogP contribution in [0.25, 0.3) is 0 Å². The van der Waals surface area contributed by atoms with Crippen molar-refractivity contribution >= 4 is 41.2 Å². The summed E-state index contributed by atoms with van der Waals surface area (Å²) in [6.07, 6.45) is 3.22. The van der Waals surface area contributed by atoms with Gasteiger partial charge in [0.2, 0.25) is 5.16 Å². The van der Waals surface area contributed by atoms with E-state index in [1.807, 2.05) is 24.3 Å². The van der Waals surface area contributed by atoms with Gasteiger partial charge in [-0.2, -0.15) is 9.78 Å². The minimum Gasteiger partial charge on any atom is -0.195 e. The van der Waals surface area contributed by atoms with Crippen LogP contribution in [0.3, 0.4) is 0 Å². The number of thioether (sulfide) groups is 1. The highest BCUT2D eigenvalue weighted by Gasteiger charge is 2.05. The Hall–Kier alpha value is -1.82. The molecule has 0 amide bonds. The average Bonchev–Trinajstić information content (AvgIpc) is 3.00. The lowest BCUT2D eigenvalue weighted by molar-refractivity contribution is 0.767. The van der Waals surface area contributed by atoms with Gasteiger partial charge in [-0.15, -0.1) is 10.2 Å². The largest absolute Gasteiger partial charge is 0.212 e. The number of hydrogen-bond donors (Lipinski definition) is 0. The fourth-order valence-electron chi connectivity index (χ4n) is 1.85. The molecule has 0 spiro atoms. The van der Waals surface area contributed by atoms with E-state index in [-0.39, 0.29) is 0 Å². The Labute approximate surface area is 148 Å². The van der Waals surface area contributed by atoms with Crippen molar-refractivity contribution in [2.24, 2.45) is 5.10 Å². The van der Waals surface area contributed by atoms with Gasteiger partial charge in [-0.3, -0.25) is 0 Å². The molecule has 0 bridgehead atoms. The summed E-state index contributed by atoms with van der Waals surface area (Å²) in [6, 6.07) is 15.4. The third-order valence-corrected chi connectivity index (χ3v) is 4.56. The predicted octanol–water partition coefficient (Wildman–Crippen LogP) is 4.76. The Morgan fingerprint density at radius 3 is 2.74 bits per heavy atom. The molecule has 0 saturated heterocycles. The number of benzene rings is 2. The molecule has 23 heavy (non-hydrogen) atoms. The lowest BCUT2D eigenvalue weighted by atomic mass is 10.2. The molecule has 0 saturated carbocycles. The zero-order valence-corrected chi connectivity index (χ0v) is 14.3. The zero-order chi connectivity index (χ0) is 16.1. The van der Waals surface area contributed by atoms with Gasteiger partial charge in [0.1, 0.15) is 6.33 Å². The van der Waals surface area contributed by atoms with Gasteiger partial charge in [-0.1, -0.05) is 71.4 Å². The molecular weight excluding hydrogens is 351 g/mol. The first-order chi connectivity index (χ1) is 11.2. The van der Waals surface area contributed by atoms with Crippen LogP contribution < -0.4 is 0 Å². The van der Waals surface area contributed by atoms with Crippen LogP contribution in [-0.4, -0.2) is 21.1 Å². The van der Waals surface area contributed by atoms with Gasteiger partial charge in [-0.25, -0.2) is 0 Å². The van der Waals surface area contributed by atoms with Crippen LogP contribution in [0.1, 0.15) is 11.1 Å². The first-order valence-corrected chi connectivity index (χ1v) is 8.53. The Morgan fingerprint density at radius 1 is 1.13 bits per heavy atom. The van der Waals surface area contributed by atoms with E-state index < -0.39 is 0 Å². The quantitative estimate of drug-likeness (QED) is 0.485. The van der Waals surface area contributed by atoms with Crippen LogP contribution in [0, 0.1) is 0 Å². The molecule has 3 aromatic rings. The van der Waals surface area contributed by atoms with Crippen LogP contribution in [0.5, 0.6) is 0 Å². The SMILES string of the molecule is Clc1ccc(/C=N\n2cnnc2SCc2ccccc2)c(Cl)c1. The number of hydrogen-bond acceptors (Lipinski definition) is 4. The predicted molar refractivity (Wildman–Crippen MR) is 95.5 cm³/mol. The van der Waals surface area contributed by atoms with E-state index >= 15 is 0 Å². The third kappa shape index (κ3) is 4.34. The highest BCUT2D eigenvalue weighted by molar-refractivity contribution is 7.98. The van der Waals surface area contributed by atoms with Gasteiger partial charge in [0.25, 0.3) is 0 Å². The number of halogens is 2. The first kappa shape index (κ1) is 16.1. The van der Waals surface area contributed by atoms with Crippen molar-refractivity contribution < 1.29 is 0 Å². The van der Waals surface area contributed by atoms with E-state index in [0.717, 1.165) is 16.5 Å². The molecule has 0 atom stereocenters. The van der Waals surface area contributed by atoms with Crippen LogP contribution in [0.15, 0.2) is 65.1 Å². The molecule has 0 radical (unpaired) electrons. The summed E-state index contributed by atoms with van der Waals surface area (Å²) >= 11 is 13.6. The summed E-state index contributed by atoms with van der Waals surface area (Å²) in [4.78, 5) is 0. The van der Waals surface area contributed by atoms with Crippen molar-refractivity contribution in [3.05, 3.63) is 76.0 Å². The molecule has 0 N–H and O–H groups in total. The van der Waals surface area contributed by atoms with Gasteiger partial charge >= 0.3 is 0 Å². The molecule has 0 aliphatic rings. The minimum absolute atomic E-state index is 0.549. The van der Waals surface area contributed by atoms with E-state index in [4.69, 9.17) is 23.2 Å². The van der Waals surface area contributed by atoms with Crippen LogP contribution in [0.2, 0.25) is 10.0 Å². The van der Waals surface area contributed by atoms with Gasteiger partial charge in [0, 0.05) is 16.3 Å². The normalized spacial score (nSPS) is 11.2. The summed E-state index contributed by atoms with van der Waals surface area (Å²) in [5.41, 5.74) is 2.00. The van der Waals surface area contributed by atoms with Crippen molar-refractivity contribution in [1.82, 2.24) is 14.9 Å². The van der Waals surface area contributed by atoms with Crippen LogP contribution in [0.4, 0.5) is 0 Å². The molecule has 4 nitrogen and oxygen atoms in total. The molecule has 0 unspecified atom stereocenters. The molecule has 116 valence electrons. The van der Waals surface area contributed by atoms with Crippen molar-refractivity contribution in [2.45, 2.75) is 10.9 Å². The Balaban J connectivity index is 1.72. The second kappa shape index (κ2) is 7.64. The van der Waals surface area contributed by atoms with Gasteiger partial charge < -0.3 is 0 Å². The Morgan fingerprint density at radius 2 is 1.96 bits per heavy atom. The zero-order valence-electron chi connectivity index (χ0n) is 11.9. The summed E-state index contributed by atoms with van der Waals surface area (Å²) in [5, 5.41) is 14.2. The van der Waals surface area contributed by atoms with E-state index in [2.05, 4.69) is 27.4 Å². The maximum Gasteiger partial charge on any atom is 0.212 e. The minimum atomic E-state index is 0.549. The Bertz CT molecular complexity index is 818. The summed E-state index contributed by atoms with van der Waals surface area (Å²) in [6.45, 7) is 0. The summed E-state index contributed by atoms with van der Waals surface area (Å²) in [7, 11) is 0. The molecule has 0 fully saturated rings. The van der Waals surface area contributed by atoms with E-state index in [1.54, 1.807) is 41.1 Å². The van der Waals surface area contributed by atoms with Crippen LogP contribution >= 0.6 is 35.0 Å². The molecule has 0 aliphatic carbocycles. The smallest absolute Gasteiger partial charge is 0.195 e. The highest BCUT2D eigenvalue weighted by Crippen LogP contribution is 2.21. The van der Waals surface area contributed by atoms with E-state index in [9.17, 15) is 0 Å². The molecular formula is C16H12Cl2N4S. The lowest BCUT2D eigenvalue weighted by Gasteiger charge is -2.02. The van der Waals surface area contributed by atoms with Gasteiger partial charge in [0.05, 0.1) is 11.2 Å². The standard InChI is InChI=1S/C16H12Cl2N4S/c17-14-7-6-13(15(18)8-14)9-20-22-11-19-21-16(22)23-10-12-4-2-1-3-5-12/h1-9,11H,10H2/b20-9-. The fraction of sp³-hybridized carbons (Fsp3) is 0.0625. The number of nitrogens with zero attached hydrogens (tertiary/aromatic N) is 4. The maximum atomic E-state index is 6.13. The van der Waals surface area contributed by atoms with E-state index in [0.29, 0.717) is 10.0 Å². The maximum absolute atomic E-state index is 6.13. The molecule has 3 rings (SSSR count). The highest BCUT2D eigenvalue weighted by atomic mass is 35.5. The van der Waals surface area contributed by atoms with Crippen molar-refractivity contribution in [3.8, 4) is 0 Å². The van der Waals surface area contributed by atoms with E-state index in [1.165, 1.54) is 5.56 Å². The topological polar surface area (TPSA) is 43.1 Å². The second-order valence-electron chi connectivity index (χ2n) is 4.64. The molecule has 1 heterocycles. The first-order valence-electron chi connectivity index (χ1n) is 6.78. The van der Waals surface area contributed by atoms with Crippen LogP contribution in [-0.2, 0) is 5.75 Å². The Kier molecular flexibility index (Phi) is 5.33. The number of rotatable bonds is 5. The second-order valence-corrected chi connectivity index (χ2v) is 6.43. The molecule has 2 aromatic carbocycles. The lowest BCUT2D eigenvalue weighted by Crippen LogP contribution is -1.93. The third-order valence-electron chi connectivity index (χ3n) is 2.99. The summed E-state index contributed by atoms with van der Waals surface area (Å²) in [5.74, 6) is 0.802. The van der Waals surface area contributed by atoms with Crippen molar-refractivity contribution in [1.29, 1.82) is 0 Å². The molecule has 0 aliphatic heterocycles. The molecule has 7 heteroatoms. The number of aromatic nitrogens is 3. The van der Waals surface area contributed by atoms with Gasteiger partial charge in [0.15, 0.2) is 0 Å². The van der Waals surface area contributed by atoms with Crippen molar-refractivity contribution in [3.63, 3.8) is 0 Å². The monoisotopic (exact) mass is 362 g/mol. The summed E-state index contributed by atoms with van der Waals surface area (Å²) < 4.78 is 1.62.